The Labute approximate surface area is 141 Å². The zero-order valence-corrected chi connectivity index (χ0v) is 15.0. The van der Waals surface area contributed by atoms with E-state index < -0.39 is 0 Å². The van der Waals surface area contributed by atoms with E-state index >= 15 is 0 Å². The average molecular weight is 313 g/mol. The van der Waals surface area contributed by atoms with Crippen molar-refractivity contribution >= 4 is 5.82 Å². The van der Waals surface area contributed by atoms with Crippen LogP contribution in [0.5, 0.6) is 0 Å². The molecule has 4 rings (SSSR count). The van der Waals surface area contributed by atoms with E-state index in [2.05, 4.69) is 48.9 Å². The molecule has 3 atom stereocenters. The molecule has 3 fully saturated rings. The van der Waals surface area contributed by atoms with Gasteiger partial charge in [0.2, 0.25) is 0 Å². The maximum absolute atomic E-state index is 4.74. The summed E-state index contributed by atoms with van der Waals surface area (Å²) in [4.78, 5) is 9.99. The molecule has 126 valence electrons. The number of hydrogen-bond donors (Lipinski definition) is 0. The molecule has 0 N–H and O–H groups in total. The summed E-state index contributed by atoms with van der Waals surface area (Å²) in [6.45, 7) is 11.5. The number of aromatic nitrogens is 1. The molecule has 1 aromatic rings. The molecule has 0 unspecified atom stereocenters. The number of piperazine rings is 1. The Balaban J connectivity index is 1.36. The van der Waals surface area contributed by atoms with E-state index in [1.165, 1.54) is 44.3 Å². The van der Waals surface area contributed by atoms with Gasteiger partial charge in [-0.25, -0.2) is 4.98 Å². The first kappa shape index (κ1) is 15.4. The van der Waals surface area contributed by atoms with Crippen molar-refractivity contribution < 1.29 is 0 Å². The summed E-state index contributed by atoms with van der Waals surface area (Å²) in [5.41, 5.74) is 1.51. The lowest BCUT2D eigenvalue weighted by Crippen LogP contribution is -2.52. The van der Waals surface area contributed by atoms with Crippen LogP contribution in [0.15, 0.2) is 18.3 Å². The van der Waals surface area contributed by atoms with E-state index in [0.29, 0.717) is 0 Å². The fraction of sp³-hybridized carbons (Fsp3) is 0.750. The van der Waals surface area contributed by atoms with E-state index in [1.54, 1.807) is 0 Å². The number of pyridine rings is 1. The standard InChI is InChI=1S/C20H31N3/c1-20(2,3)17-6-7-19(21-14-17)23-10-8-22(9-11-23)18-13-15-4-5-16(18)12-15/h6-7,14-16,18H,4-5,8-13H2,1-3H3/t15-,16+,18+/m1/s1. The highest BCUT2D eigenvalue weighted by Crippen LogP contribution is 2.46. The van der Waals surface area contributed by atoms with E-state index in [0.717, 1.165) is 36.8 Å². The summed E-state index contributed by atoms with van der Waals surface area (Å²) in [5.74, 6) is 3.22. The monoisotopic (exact) mass is 313 g/mol. The van der Waals surface area contributed by atoms with Gasteiger partial charge in [0.05, 0.1) is 0 Å². The van der Waals surface area contributed by atoms with Crippen LogP contribution in [-0.4, -0.2) is 42.1 Å². The van der Waals surface area contributed by atoms with Gasteiger partial charge in [0.1, 0.15) is 5.82 Å². The second-order valence-electron chi connectivity index (χ2n) is 8.92. The maximum Gasteiger partial charge on any atom is 0.128 e. The van der Waals surface area contributed by atoms with Gasteiger partial charge in [-0.3, -0.25) is 4.90 Å². The second-order valence-corrected chi connectivity index (χ2v) is 8.92. The molecule has 3 nitrogen and oxygen atoms in total. The molecule has 1 aromatic heterocycles. The number of anilines is 1. The van der Waals surface area contributed by atoms with Crippen molar-refractivity contribution in [2.75, 3.05) is 31.1 Å². The third kappa shape index (κ3) is 3.00. The van der Waals surface area contributed by atoms with Crippen LogP contribution >= 0.6 is 0 Å². The minimum absolute atomic E-state index is 0.187. The highest BCUT2D eigenvalue weighted by atomic mass is 15.3. The summed E-state index contributed by atoms with van der Waals surface area (Å²) >= 11 is 0. The molecular weight excluding hydrogens is 282 g/mol. The lowest BCUT2D eigenvalue weighted by atomic mass is 9.88. The van der Waals surface area contributed by atoms with Crippen molar-refractivity contribution in [3.63, 3.8) is 0 Å². The summed E-state index contributed by atoms with van der Waals surface area (Å²) < 4.78 is 0. The Kier molecular flexibility index (Phi) is 3.87. The van der Waals surface area contributed by atoms with Crippen molar-refractivity contribution in [1.29, 1.82) is 0 Å². The molecule has 1 aliphatic heterocycles. The van der Waals surface area contributed by atoms with Gasteiger partial charge in [-0.2, -0.15) is 0 Å². The molecule has 0 aromatic carbocycles. The fourth-order valence-electron chi connectivity index (χ4n) is 4.96. The Bertz CT molecular complexity index is 537. The van der Waals surface area contributed by atoms with Gasteiger partial charge < -0.3 is 4.90 Å². The molecule has 2 saturated carbocycles. The summed E-state index contributed by atoms with van der Waals surface area (Å²) in [6.07, 6.45) is 8.05. The number of nitrogens with zero attached hydrogens (tertiary/aromatic N) is 3. The molecule has 0 spiro atoms. The van der Waals surface area contributed by atoms with Crippen LogP contribution in [-0.2, 0) is 5.41 Å². The van der Waals surface area contributed by atoms with E-state index in [-0.39, 0.29) is 5.41 Å². The van der Waals surface area contributed by atoms with E-state index in [4.69, 9.17) is 4.98 Å². The van der Waals surface area contributed by atoms with Gasteiger partial charge >= 0.3 is 0 Å². The summed E-state index contributed by atoms with van der Waals surface area (Å²) in [5, 5.41) is 0. The molecule has 3 heteroatoms. The molecule has 0 amide bonds. The molecule has 2 aliphatic carbocycles. The van der Waals surface area contributed by atoms with E-state index in [9.17, 15) is 0 Å². The topological polar surface area (TPSA) is 19.4 Å². The van der Waals surface area contributed by atoms with Crippen molar-refractivity contribution in [2.24, 2.45) is 11.8 Å². The maximum atomic E-state index is 4.74. The van der Waals surface area contributed by atoms with Crippen LogP contribution in [0.4, 0.5) is 5.82 Å². The lowest BCUT2D eigenvalue weighted by Gasteiger charge is -2.41. The van der Waals surface area contributed by atoms with Crippen LogP contribution in [0.1, 0.15) is 52.0 Å². The van der Waals surface area contributed by atoms with Crippen LogP contribution in [0, 0.1) is 11.8 Å². The number of fused-ring (bicyclic) bond motifs is 2. The minimum atomic E-state index is 0.187. The van der Waals surface area contributed by atoms with E-state index in [1.807, 2.05) is 0 Å². The predicted molar refractivity (Wildman–Crippen MR) is 96.0 cm³/mol. The minimum Gasteiger partial charge on any atom is -0.354 e. The van der Waals surface area contributed by atoms with Crippen LogP contribution in [0.2, 0.25) is 0 Å². The zero-order chi connectivity index (χ0) is 16.0. The first-order chi connectivity index (χ1) is 11.0. The fourth-order valence-corrected chi connectivity index (χ4v) is 4.96. The van der Waals surface area contributed by atoms with Gasteiger partial charge in [-0.1, -0.05) is 33.3 Å². The Morgan fingerprint density at radius 1 is 1.00 bits per heavy atom. The zero-order valence-electron chi connectivity index (χ0n) is 15.0. The normalized spacial score (nSPS) is 31.8. The quantitative estimate of drug-likeness (QED) is 0.830. The third-order valence-corrected chi connectivity index (χ3v) is 6.42. The number of rotatable bonds is 2. The van der Waals surface area contributed by atoms with Gasteiger partial charge in [-0.05, 0) is 48.1 Å². The smallest absolute Gasteiger partial charge is 0.128 e. The van der Waals surface area contributed by atoms with Gasteiger partial charge in [0.15, 0.2) is 0 Å². The van der Waals surface area contributed by atoms with Crippen molar-refractivity contribution in [1.82, 2.24) is 9.88 Å². The predicted octanol–water partition coefficient (Wildman–Crippen LogP) is 3.69. The largest absolute Gasteiger partial charge is 0.354 e. The molecule has 2 bridgehead atoms. The lowest BCUT2D eigenvalue weighted by molar-refractivity contribution is 0.134. The Hall–Kier alpha value is -1.09. The molecule has 23 heavy (non-hydrogen) atoms. The first-order valence-corrected chi connectivity index (χ1v) is 9.46. The molecular formula is C20H31N3. The first-order valence-electron chi connectivity index (χ1n) is 9.46. The molecule has 1 saturated heterocycles. The SMILES string of the molecule is CC(C)(C)c1ccc(N2CCN([C@H]3C[C@@H]4CC[C@H]3C4)CC2)nc1. The Morgan fingerprint density at radius 3 is 2.30 bits per heavy atom. The molecule has 2 heterocycles. The third-order valence-electron chi connectivity index (χ3n) is 6.42. The molecule has 3 aliphatic rings. The van der Waals surface area contributed by atoms with Gasteiger partial charge in [0, 0.05) is 38.4 Å². The van der Waals surface area contributed by atoms with Crippen molar-refractivity contribution in [3.05, 3.63) is 23.9 Å². The summed E-state index contributed by atoms with van der Waals surface area (Å²) in [6, 6.07) is 5.37. The Morgan fingerprint density at radius 2 is 1.78 bits per heavy atom. The van der Waals surface area contributed by atoms with Crippen LogP contribution in [0.25, 0.3) is 0 Å². The highest BCUT2D eigenvalue weighted by Gasteiger charge is 2.42. The second kappa shape index (κ2) is 5.77. The van der Waals surface area contributed by atoms with Crippen LogP contribution in [0.3, 0.4) is 0 Å². The van der Waals surface area contributed by atoms with Crippen LogP contribution < -0.4 is 4.90 Å². The van der Waals surface area contributed by atoms with Gasteiger partial charge in [0.25, 0.3) is 0 Å². The number of hydrogen-bond acceptors (Lipinski definition) is 3. The van der Waals surface area contributed by atoms with Crippen molar-refractivity contribution in [3.8, 4) is 0 Å². The van der Waals surface area contributed by atoms with Crippen molar-refractivity contribution in [2.45, 2.75) is 57.9 Å². The van der Waals surface area contributed by atoms with Gasteiger partial charge in [-0.15, -0.1) is 0 Å². The average Bonchev–Trinajstić information content (AvgIpc) is 3.17. The highest BCUT2D eigenvalue weighted by molar-refractivity contribution is 5.41. The summed E-state index contributed by atoms with van der Waals surface area (Å²) in [7, 11) is 0. The molecule has 0 radical (unpaired) electrons.